The van der Waals surface area contributed by atoms with Crippen LogP contribution in [0, 0.1) is 12.3 Å². The highest BCUT2D eigenvalue weighted by Gasteiger charge is 2.21. The zero-order chi connectivity index (χ0) is 14.0. The second-order valence-corrected chi connectivity index (χ2v) is 5.91. The molecule has 0 unspecified atom stereocenters. The third-order valence-electron chi connectivity index (χ3n) is 3.58. The molecular weight excluding hydrogens is 238 g/mol. The Morgan fingerprint density at radius 1 is 1.37 bits per heavy atom. The number of nitrogens with two attached hydrogens (primary N) is 1. The number of benzene rings is 1. The van der Waals surface area contributed by atoms with Gasteiger partial charge in [-0.2, -0.15) is 0 Å². The lowest BCUT2D eigenvalue weighted by Crippen LogP contribution is -2.22. The van der Waals surface area contributed by atoms with Crippen molar-refractivity contribution in [3.63, 3.8) is 0 Å². The number of fused-ring (bicyclic) bond motifs is 1. The number of nitrogens with zero attached hydrogens (tertiary/aromatic N) is 2. The Kier molecular flexibility index (Phi) is 3.80. The Labute approximate surface area is 114 Å². The van der Waals surface area contributed by atoms with Crippen LogP contribution in [0.1, 0.15) is 25.8 Å². The third-order valence-corrected chi connectivity index (χ3v) is 3.58. The molecule has 0 atom stereocenters. The zero-order valence-electron chi connectivity index (χ0n) is 12.2. The number of anilines is 1. The molecule has 0 fully saturated rings. The van der Waals surface area contributed by atoms with Crippen molar-refractivity contribution in [1.82, 2.24) is 9.55 Å². The number of aryl methyl sites for hydroxylation is 1. The molecule has 2 rings (SSSR count). The standard InChI is InChI=1S/C15H23N3O/c1-11-6-5-7-12-13(11)17-14(16)18(12)10-15(2,3)8-9-19-4/h5-7H,8-10H2,1-4H3,(H2,16,17). The molecule has 0 saturated heterocycles. The first-order valence-corrected chi connectivity index (χ1v) is 6.65. The number of nitrogen functional groups attached to an aromatic ring is 1. The molecule has 0 aliphatic heterocycles. The van der Waals surface area contributed by atoms with Crippen molar-refractivity contribution in [3.8, 4) is 0 Å². The smallest absolute Gasteiger partial charge is 0.201 e. The monoisotopic (exact) mass is 261 g/mol. The fourth-order valence-corrected chi connectivity index (χ4v) is 2.36. The number of para-hydroxylation sites is 1. The van der Waals surface area contributed by atoms with Gasteiger partial charge >= 0.3 is 0 Å². The Balaban J connectivity index is 2.35. The molecule has 2 N–H and O–H groups in total. The van der Waals surface area contributed by atoms with E-state index in [2.05, 4.69) is 48.5 Å². The largest absolute Gasteiger partial charge is 0.385 e. The van der Waals surface area contributed by atoms with E-state index in [1.54, 1.807) is 7.11 Å². The van der Waals surface area contributed by atoms with Crippen LogP contribution in [0.4, 0.5) is 5.95 Å². The lowest BCUT2D eigenvalue weighted by molar-refractivity contribution is 0.143. The van der Waals surface area contributed by atoms with E-state index in [0.29, 0.717) is 5.95 Å². The SMILES string of the molecule is COCCC(C)(C)Cn1c(N)nc2c(C)cccc21. The van der Waals surface area contributed by atoms with Gasteiger partial charge < -0.3 is 15.0 Å². The van der Waals surface area contributed by atoms with Gasteiger partial charge in [0.05, 0.1) is 11.0 Å². The number of aromatic nitrogens is 2. The van der Waals surface area contributed by atoms with Crippen molar-refractivity contribution < 1.29 is 4.74 Å². The van der Waals surface area contributed by atoms with Gasteiger partial charge in [0.2, 0.25) is 5.95 Å². The molecule has 104 valence electrons. The predicted molar refractivity (Wildman–Crippen MR) is 79.2 cm³/mol. The first kappa shape index (κ1) is 13.9. The van der Waals surface area contributed by atoms with Crippen LogP contribution >= 0.6 is 0 Å². The predicted octanol–water partition coefficient (Wildman–Crippen LogP) is 2.99. The number of rotatable bonds is 5. The molecule has 0 amide bonds. The molecule has 1 aromatic heterocycles. The average molecular weight is 261 g/mol. The molecule has 0 aliphatic carbocycles. The molecule has 0 bridgehead atoms. The van der Waals surface area contributed by atoms with Gasteiger partial charge in [-0.15, -0.1) is 0 Å². The van der Waals surface area contributed by atoms with Crippen LogP contribution in [0.5, 0.6) is 0 Å². The van der Waals surface area contributed by atoms with Crippen molar-refractivity contribution >= 4 is 17.0 Å². The van der Waals surface area contributed by atoms with Gasteiger partial charge in [0.1, 0.15) is 0 Å². The molecule has 0 radical (unpaired) electrons. The topological polar surface area (TPSA) is 53.1 Å². The molecule has 1 aromatic carbocycles. The average Bonchev–Trinajstić information content (AvgIpc) is 2.66. The summed E-state index contributed by atoms with van der Waals surface area (Å²) < 4.78 is 7.29. The van der Waals surface area contributed by atoms with Gasteiger partial charge in [0.25, 0.3) is 0 Å². The highest BCUT2D eigenvalue weighted by atomic mass is 16.5. The van der Waals surface area contributed by atoms with Gasteiger partial charge in [-0.3, -0.25) is 0 Å². The molecule has 1 heterocycles. The highest BCUT2D eigenvalue weighted by molar-refractivity contribution is 5.81. The summed E-state index contributed by atoms with van der Waals surface area (Å²) in [4.78, 5) is 4.49. The van der Waals surface area contributed by atoms with Crippen molar-refractivity contribution in [2.24, 2.45) is 5.41 Å². The molecular formula is C15H23N3O. The van der Waals surface area contributed by atoms with E-state index in [-0.39, 0.29) is 5.41 Å². The van der Waals surface area contributed by atoms with Gasteiger partial charge in [0.15, 0.2) is 0 Å². The molecule has 4 heteroatoms. The minimum atomic E-state index is 0.126. The summed E-state index contributed by atoms with van der Waals surface area (Å²) in [6, 6.07) is 6.20. The normalized spacial score (nSPS) is 12.2. The van der Waals surface area contributed by atoms with Crippen LogP contribution in [0.3, 0.4) is 0 Å². The first-order chi connectivity index (χ1) is 8.94. The van der Waals surface area contributed by atoms with Crippen molar-refractivity contribution in [2.75, 3.05) is 19.5 Å². The zero-order valence-corrected chi connectivity index (χ0v) is 12.2. The van der Waals surface area contributed by atoms with Crippen LogP contribution in [-0.2, 0) is 11.3 Å². The van der Waals surface area contributed by atoms with E-state index >= 15 is 0 Å². The Hall–Kier alpha value is -1.55. The fraction of sp³-hybridized carbons (Fsp3) is 0.533. The Morgan fingerprint density at radius 3 is 2.79 bits per heavy atom. The number of methoxy groups -OCH3 is 1. The summed E-state index contributed by atoms with van der Waals surface area (Å²) >= 11 is 0. The van der Waals surface area contributed by atoms with Gasteiger partial charge in [0, 0.05) is 20.3 Å². The number of imidazole rings is 1. The van der Waals surface area contributed by atoms with E-state index in [1.165, 1.54) is 0 Å². The van der Waals surface area contributed by atoms with E-state index in [0.717, 1.165) is 36.2 Å². The lowest BCUT2D eigenvalue weighted by Gasteiger charge is -2.25. The molecule has 4 nitrogen and oxygen atoms in total. The summed E-state index contributed by atoms with van der Waals surface area (Å²) in [7, 11) is 1.74. The Bertz CT molecular complexity index is 572. The molecule has 0 aliphatic rings. The molecule has 0 spiro atoms. The fourth-order valence-electron chi connectivity index (χ4n) is 2.36. The summed E-state index contributed by atoms with van der Waals surface area (Å²) in [5.74, 6) is 0.592. The van der Waals surface area contributed by atoms with Gasteiger partial charge in [-0.05, 0) is 30.4 Å². The van der Waals surface area contributed by atoms with Crippen LogP contribution in [0.25, 0.3) is 11.0 Å². The van der Waals surface area contributed by atoms with Crippen LogP contribution in [-0.4, -0.2) is 23.3 Å². The molecule has 0 saturated carbocycles. The summed E-state index contributed by atoms with van der Waals surface area (Å²) in [6.07, 6.45) is 0.994. The summed E-state index contributed by atoms with van der Waals surface area (Å²) in [5, 5.41) is 0. The number of hydrogen-bond acceptors (Lipinski definition) is 3. The number of ether oxygens (including phenoxy) is 1. The highest BCUT2D eigenvalue weighted by Crippen LogP contribution is 2.28. The van der Waals surface area contributed by atoms with Crippen LogP contribution in [0.15, 0.2) is 18.2 Å². The quantitative estimate of drug-likeness (QED) is 0.900. The van der Waals surface area contributed by atoms with Gasteiger partial charge in [-0.1, -0.05) is 26.0 Å². The van der Waals surface area contributed by atoms with E-state index in [9.17, 15) is 0 Å². The minimum Gasteiger partial charge on any atom is -0.385 e. The summed E-state index contributed by atoms with van der Waals surface area (Å²) in [6.45, 7) is 8.13. The van der Waals surface area contributed by atoms with Crippen molar-refractivity contribution in [1.29, 1.82) is 0 Å². The Morgan fingerprint density at radius 2 is 2.11 bits per heavy atom. The van der Waals surface area contributed by atoms with Crippen molar-refractivity contribution in [3.05, 3.63) is 23.8 Å². The maximum Gasteiger partial charge on any atom is 0.201 e. The molecule has 19 heavy (non-hydrogen) atoms. The van der Waals surface area contributed by atoms with E-state index in [4.69, 9.17) is 10.5 Å². The number of hydrogen-bond donors (Lipinski definition) is 1. The van der Waals surface area contributed by atoms with E-state index < -0.39 is 0 Å². The maximum atomic E-state index is 6.08. The second kappa shape index (κ2) is 5.21. The minimum absolute atomic E-state index is 0.126. The van der Waals surface area contributed by atoms with Gasteiger partial charge in [-0.25, -0.2) is 4.98 Å². The van der Waals surface area contributed by atoms with Crippen LogP contribution < -0.4 is 5.73 Å². The second-order valence-electron chi connectivity index (χ2n) is 5.91. The lowest BCUT2D eigenvalue weighted by atomic mass is 9.89. The van der Waals surface area contributed by atoms with Crippen LogP contribution in [0.2, 0.25) is 0 Å². The maximum absolute atomic E-state index is 6.08. The van der Waals surface area contributed by atoms with Crippen molar-refractivity contribution in [2.45, 2.75) is 33.7 Å². The molecule has 2 aromatic rings. The third kappa shape index (κ3) is 2.89. The van der Waals surface area contributed by atoms with E-state index in [1.807, 2.05) is 0 Å². The first-order valence-electron chi connectivity index (χ1n) is 6.65. The summed E-state index contributed by atoms with van der Waals surface area (Å²) in [5.41, 5.74) is 9.49.